The molecule has 2 aromatic rings. The Morgan fingerprint density at radius 3 is 2.80 bits per heavy atom. The Kier molecular flexibility index (Phi) is 3.44. The van der Waals surface area contributed by atoms with Crippen LogP contribution in [0, 0.1) is 6.92 Å². The molecule has 3 rings (SSSR count). The van der Waals surface area contributed by atoms with E-state index < -0.39 is 0 Å². The summed E-state index contributed by atoms with van der Waals surface area (Å²) in [4.78, 5) is 13.8. The second-order valence-corrected chi connectivity index (χ2v) is 5.52. The number of aromatic nitrogens is 3. The normalized spacial score (nSPS) is 16.1. The summed E-state index contributed by atoms with van der Waals surface area (Å²) in [6.45, 7) is 5.88. The summed E-state index contributed by atoms with van der Waals surface area (Å²) in [5.74, 6) is 2.23. The van der Waals surface area contributed by atoms with E-state index >= 15 is 0 Å². The summed E-state index contributed by atoms with van der Waals surface area (Å²) in [6, 6.07) is 4.29. The van der Waals surface area contributed by atoms with Crippen LogP contribution >= 0.6 is 0 Å². The Bertz CT molecular complexity index is 604. The summed E-state index contributed by atoms with van der Waals surface area (Å²) >= 11 is 0. The molecule has 0 spiro atoms. The summed E-state index contributed by atoms with van der Waals surface area (Å²) < 4.78 is 2.09. The highest BCUT2D eigenvalue weighted by Gasteiger charge is 2.19. The topological polar surface area (TPSA) is 37.2 Å². The van der Waals surface area contributed by atoms with Crippen LogP contribution in [0.1, 0.15) is 17.1 Å². The van der Waals surface area contributed by atoms with Gasteiger partial charge in [-0.15, -0.1) is 0 Å². The molecular formula is C15H21N5. The fourth-order valence-electron chi connectivity index (χ4n) is 2.63. The van der Waals surface area contributed by atoms with Crippen LogP contribution in [-0.4, -0.2) is 39.6 Å². The van der Waals surface area contributed by atoms with Crippen LogP contribution in [-0.2, 0) is 20.1 Å². The van der Waals surface area contributed by atoms with E-state index in [9.17, 15) is 0 Å². The lowest BCUT2D eigenvalue weighted by molar-refractivity contribution is 0.260. The van der Waals surface area contributed by atoms with E-state index in [1.54, 1.807) is 0 Å². The van der Waals surface area contributed by atoms with Crippen LogP contribution in [0.3, 0.4) is 0 Å². The van der Waals surface area contributed by atoms with Crippen LogP contribution in [0.2, 0.25) is 0 Å². The number of rotatable bonds is 2. The van der Waals surface area contributed by atoms with Gasteiger partial charge in [-0.3, -0.25) is 4.90 Å². The first kappa shape index (κ1) is 13.1. The molecule has 0 unspecified atom stereocenters. The van der Waals surface area contributed by atoms with E-state index in [2.05, 4.69) is 43.5 Å². The lowest BCUT2D eigenvalue weighted by atomic mass is 10.2. The zero-order chi connectivity index (χ0) is 14.1. The fraction of sp³-hybridized carbons (Fsp3) is 0.467. The van der Waals surface area contributed by atoms with Gasteiger partial charge in [-0.25, -0.2) is 9.97 Å². The Morgan fingerprint density at radius 1 is 1.20 bits per heavy atom. The van der Waals surface area contributed by atoms with Gasteiger partial charge in [0.25, 0.3) is 0 Å². The minimum Gasteiger partial charge on any atom is -0.358 e. The molecule has 0 aliphatic carbocycles. The van der Waals surface area contributed by atoms with Crippen LogP contribution in [0.15, 0.2) is 24.5 Å². The zero-order valence-corrected chi connectivity index (χ0v) is 12.4. The van der Waals surface area contributed by atoms with Crippen LogP contribution in [0.5, 0.6) is 0 Å². The zero-order valence-electron chi connectivity index (χ0n) is 12.4. The summed E-state index contributed by atoms with van der Waals surface area (Å²) in [5, 5.41) is 0. The Morgan fingerprint density at radius 2 is 2.05 bits per heavy atom. The molecule has 0 atom stereocenters. The van der Waals surface area contributed by atoms with Crippen molar-refractivity contribution in [2.75, 3.05) is 25.0 Å². The molecule has 1 aliphatic rings. The van der Waals surface area contributed by atoms with Gasteiger partial charge in [0.2, 0.25) is 0 Å². The number of anilines is 1. The summed E-state index contributed by atoms with van der Waals surface area (Å²) in [6.07, 6.45) is 3.86. The van der Waals surface area contributed by atoms with Gasteiger partial charge < -0.3 is 9.47 Å². The molecule has 3 heterocycles. The monoisotopic (exact) mass is 271 g/mol. The number of likely N-dealkylation sites (N-methyl/N-ethyl adjacent to an activating group) is 1. The summed E-state index contributed by atoms with van der Waals surface area (Å²) in [7, 11) is 4.17. The lowest BCUT2D eigenvalue weighted by Gasteiger charge is -2.20. The molecule has 0 radical (unpaired) electrons. The van der Waals surface area contributed by atoms with Crippen molar-refractivity contribution in [2.45, 2.75) is 20.0 Å². The third-order valence-corrected chi connectivity index (χ3v) is 3.89. The van der Waals surface area contributed by atoms with E-state index in [0.717, 1.165) is 43.5 Å². The van der Waals surface area contributed by atoms with E-state index in [0.29, 0.717) is 0 Å². The highest BCUT2D eigenvalue weighted by Crippen LogP contribution is 2.22. The predicted octanol–water partition coefficient (Wildman–Crippen LogP) is 1.58. The molecular weight excluding hydrogens is 250 g/mol. The highest BCUT2D eigenvalue weighted by molar-refractivity contribution is 5.47. The van der Waals surface area contributed by atoms with Crippen molar-refractivity contribution >= 4 is 5.82 Å². The molecule has 5 heteroatoms. The van der Waals surface area contributed by atoms with E-state index in [4.69, 9.17) is 0 Å². The molecule has 0 aromatic carbocycles. The largest absolute Gasteiger partial charge is 0.358 e. The van der Waals surface area contributed by atoms with Crippen molar-refractivity contribution in [2.24, 2.45) is 7.05 Å². The number of hydrogen-bond donors (Lipinski definition) is 0. The van der Waals surface area contributed by atoms with Gasteiger partial charge in [0.15, 0.2) is 0 Å². The van der Waals surface area contributed by atoms with Gasteiger partial charge >= 0.3 is 0 Å². The van der Waals surface area contributed by atoms with Gasteiger partial charge in [-0.2, -0.15) is 0 Å². The van der Waals surface area contributed by atoms with E-state index in [1.165, 1.54) is 5.56 Å². The molecule has 1 aliphatic heterocycles. The highest BCUT2D eigenvalue weighted by atomic mass is 15.2. The van der Waals surface area contributed by atoms with Crippen LogP contribution < -0.4 is 4.90 Å². The second-order valence-electron chi connectivity index (χ2n) is 5.52. The van der Waals surface area contributed by atoms with E-state index in [-0.39, 0.29) is 0 Å². The Labute approximate surface area is 119 Å². The van der Waals surface area contributed by atoms with Crippen LogP contribution in [0.4, 0.5) is 5.82 Å². The van der Waals surface area contributed by atoms with Crippen molar-refractivity contribution < 1.29 is 0 Å². The number of imidazole rings is 1. The number of fused-ring (bicyclic) bond motifs is 1. The number of pyridine rings is 1. The first-order valence-corrected chi connectivity index (χ1v) is 6.99. The third kappa shape index (κ3) is 2.54. The molecule has 0 bridgehead atoms. The minimum absolute atomic E-state index is 0.880. The maximum Gasteiger partial charge on any atom is 0.133 e. The molecule has 0 saturated carbocycles. The maximum atomic E-state index is 4.68. The van der Waals surface area contributed by atoms with E-state index in [1.807, 2.05) is 26.4 Å². The summed E-state index contributed by atoms with van der Waals surface area (Å²) in [5.41, 5.74) is 2.37. The van der Waals surface area contributed by atoms with Crippen molar-refractivity contribution in [3.05, 3.63) is 41.6 Å². The molecule has 0 N–H and O–H groups in total. The molecule has 0 fully saturated rings. The average molecular weight is 271 g/mol. The van der Waals surface area contributed by atoms with Gasteiger partial charge in [-0.05, 0) is 13.0 Å². The number of aryl methyl sites for hydroxylation is 2. The lowest BCUT2D eigenvalue weighted by Crippen LogP contribution is -2.29. The van der Waals surface area contributed by atoms with Crippen molar-refractivity contribution in [3.63, 3.8) is 0 Å². The molecule has 20 heavy (non-hydrogen) atoms. The maximum absolute atomic E-state index is 4.68. The first-order chi connectivity index (χ1) is 9.63. The standard InChI is InChI=1S/C15H21N5/c1-12-4-5-13-10-20(9-8-19(3)15(13)17-12)11-14-16-6-7-18(14)2/h4-7H,8-11H2,1-3H3. The second kappa shape index (κ2) is 5.25. The quantitative estimate of drug-likeness (QED) is 0.831. The van der Waals surface area contributed by atoms with Crippen molar-refractivity contribution in [3.8, 4) is 0 Å². The van der Waals surface area contributed by atoms with Gasteiger partial charge in [0.05, 0.1) is 6.54 Å². The number of hydrogen-bond acceptors (Lipinski definition) is 4. The molecule has 0 amide bonds. The van der Waals surface area contributed by atoms with Gasteiger partial charge in [0.1, 0.15) is 11.6 Å². The van der Waals surface area contributed by atoms with Crippen molar-refractivity contribution in [1.29, 1.82) is 0 Å². The smallest absolute Gasteiger partial charge is 0.133 e. The minimum atomic E-state index is 0.880. The molecule has 5 nitrogen and oxygen atoms in total. The van der Waals surface area contributed by atoms with Crippen molar-refractivity contribution in [1.82, 2.24) is 19.4 Å². The van der Waals surface area contributed by atoms with Gasteiger partial charge in [0, 0.05) is 57.4 Å². The first-order valence-electron chi connectivity index (χ1n) is 6.99. The average Bonchev–Trinajstić information content (AvgIpc) is 2.75. The third-order valence-electron chi connectivity index (χ3n) is 3.89. The fourth-order valence-corrected chi connectivity index (χ4v) is 2.63. The molecule has 0 saturated heterocycles. The predicted molar refractivity (Wildman–Crippen MR) is 79.6 cm³/mol. The van der Waals surface area contributed by atoms with Gasteiger partial charge in [-0.1, -0.05) is 6.07 Å². The number of nitrogens with zero attached hydrogens (tertiary/aromatic N) is 5. The molecule has 2 aromatic heterocycles. The molecule has 106 valence electrons. The SMILES string of the molecule is Cc1ccc2c(n1)N(C)CCN(Cc1nccn1C)C2. The Hall–Kier alpha value is -1.88. The van der Waals surface area contributed by atoms with Crippen LogP contribution in [0.25, 0.3) is 0 Å². The Balaban J connectivity index is 1.83.